The fraction of sp³-hybridized carbons (Fsp3) is 0.458. The highest BCUT2D eigenvalue weighted by Crippen LogP contribution is 2.39. The molecule has 0 aliphatic carbocycles. The van der Waals surface area contributed by atoms with Crippen LogP contribution in [0.1, 0.15) is 51.0 Å². The molecule has 0 saturated heterocycles. The van der Waals surface area contributed by atoms with Gasteiger partial charge in [-0.15, -0.1) is 11.3 Å². The summed E-state index contributed by atoms with van der Waals surface area (Å²) in [6, 6.07) is 4.57. The van der Waals surface area contributed by atoms with Crippen LogP contribution in [0.15, 0.2) is 36.0 Å². The maximum atomic E-state index is 13.9. The second-order valence-electron chi connectivity index (χ2n) is 8.04. The molecule has 0 amide bonds. The number of ether oxygens (including phenoxy) is 1. The van der Waals surface area contributed by atoms with E-state index in [1.54, 1.807) is 35.8 Å². The minimum Gasteiger partial charge on any atom is -0.467 e. The molecular formula is C24H30F3N5OS. The Morgan fingerprint density at radius 1 is 1.06 bits per heavy atom. The molecule has 3 rings (SSSR count). The largest absolute Gasteiger partial charge is 0.467 e. The Balaban J connectivity index is 1.69. The molecule has 0 atom stereocenters. The zero-order valence-electron chi connectivity index (χ0n) is 19.7. The van der Waals surface area contributed by atoms with Crippen molar-refractivity contribution in [1.29, 1.82) is 0 Å². The number of unbranched alkanes of at least 4 members (excludes halogenated alkanes) is 5. The molecule has 0 saturated carbocycles. The quantitative estimate of drug-likeness (QED) is 0.270. The Morgan fingerprint density at radius 2 is 1.76 bits per heavy atom. The number of alkyl halides is 3. The number of halogens is 3. The van der Waals surface area contributed by atoms with E-state index in [4.69, 9.17) is 4.74 Å². The molecule has 0 aliphatic heterocycles. The summed E-state index contributed by atoms with van der Waals surface area (Å²) in [6.45, 7) is 2.75. The summed E-state index contributed by atoms with van der Waals surface area (Å²) in [6.07, 6.45) is 5.28. The highest BCUT2D eigenvalue weighted by Gasteiger charge is 2.34. The molecule has 6 nitrogen and oxygen atoms in total. The van der Waals surface area contributed by atoms with E-state index in [-0.39, 0.29) is 11.7 Å². The predicted molar refractivity (Wildman–Crippen MR) is 131 cm³/mol. The van der Waals surface area contributed by atoms with E-state index in [0.717, 1.165) is 25.3 Å². The summed E-state index contributed by atoms with van der Waals surface area (Å²) in [4.78, 5) is 14.2. The monoisotopic (exact) mass is 493 g/mol. The second kappa shape index (κ2) is 12.0. The minimum atomic E-state index is -4.46. The molecule has 1 aromatic carbocycles. The van der Waals surface area contributed by atoms with Gasteiger partial charge in [-0.25, -0.2) is 15.0 Å². The molecule has 0 spiro atoms. The number of methoxy groups -OCH3 is 1. The van der Waals surface area contributed by atoms with Gasteiger partial charge in [0.2, 0.25) is 0 Å². The number of nitrogens with zero attached hydrogens (tertiary/aromatic N) is 4. The lowest BCUT2D eigenvalue weighted by atomic mass is 10.1. The van der Waals surface area contributed by atoms with Crippen molar-refractivity contribution >= 4 is 27.8 Å². The second-order valence-corrected chi connectivity index (χ2v) is 8.90. The van der Waals surface area contributed by atoms with E-state index >= 15 is 0 Å². The molecule has 0 fully saturated rings. The van der Waals surface area contributed by atoms with Crippen molar-refractivity contribution < 1.29 is 17.9 Å². The lowest BCUT2D eigenvalue weighted by Gasteiger charge is -2.24. The highest BCUT2D eigenvalue weighted by molar-refractivity contribution is 7.14. The van der Waals surface area contributed by atoms with Crippen molar-refractivity contribution in [2.75, 3.05) is 30.9 Å². The topological polar surface area (TPSA) is 63.2 Å². The predicted octanol–water partition coefficient (Wildman–Crippen LogP) is 7.17. The third-order valence-electron chi connectivity index (χ3n) is 5.42. The Morgan fingerprint density at radius 3 is 2.44 bits per heavy atom. The van der Waals surface area contributed by atoms with E-state index in [1.165, 1.54) is 43.8 Å². The van der Waals surface area contributed by atoms with Crippen LogP contribution < -0.4 is 15.0 Å². The first-order valence-corrected chi connectivity index (χ1v) is 12.2. The molecule has 184 valence electrons. The summed E-state index contributed by atoms with van der Waals surface area (Å²) in [7, 11) is 3.19. The molecule has 0 aliphatic rings. The maximum absolute atomic E-state index is 13.9. The summed E-state index contributed by atoms with van der Waals surface area (Å²) in [5.74, 6) is 0. The van der Waals surface area contributed by atoms with Crippen LogP contribution in [0.4, 0.5) is 29.7 Å². The highest BCUT2D eigenvalue weighted by atomic mass is 32.1. The van der Waals surface area contributed by atoms with Crippen molar-refractivity contribution in [2.24, 2.45) is 0 Å². The molecule has 3 aromatic rings. The van der Waals surface area contributed by atoms with Gasteiger partial charge in [-0.3, -0.25) is 0 Å². The Kier molecular flexibility index (Phi) is 9.09. The summed E-state index contributed by atoms with van der Waals surface area (Å²) < 4.78 is 46.5. The van der Waals surface area contributed by atoms with Gasteiger partial charge >= 0.3 is 12.2 Å². The van der Waals surface area contributed by atoms with Gasteiger partial charge in [0.1, 0.15) is 0 Å². The average molecular weight is 494 g/mol. The van der Waals surface area contributed by atoms with Gasteiger partial charge in [0, 0.05) is 48.3 Å². The van der Waals surface area contributed by atoms with Gasteiger partial charge in [0.25, 0.3) is 0 Å². The number of thiazole rings is 1. The molecule has 2 heterocycles. The van der Waals surface area contributed by atoms with Crippen LogP contribution in [-0.4, -0.2) is 35.7 Å². The van der Waals surface area contributed by atoms with Crippen molar-refractivity contribution in [3.8, 4) is 17.3 Å². The molecule has 34 heavy (non-hydrogen) atoms. The zero-order valence-corrected chi connectivity index (χ0v) is 20.5. The lowest BCUT2D eigenvalue weighted by molar-refractivity contribution is -0.137. The van der Waals surface area contributed by atoms with E-state index < -0.39 is 11.7 Å². The van der Waals surface area contributed by atoms with Crippen molar-refractivity contribution in [3.05, 3.63) is 41.5 Å². The Hall–Kier alpha value is -2.88. The van der Waals surface area contributed by atoms with E-state index in [9.17, 15) is 13.2 Å². The number of anilines is 3. The zero-order chi connectivity index (χ0) is 24.6. The van der Waals surface area contributed by atoms with Crippen LogP contribution in [0.3, 0.4) is 0 Å². The Labute approximate surface area is 202 Å². The first-order valence-electron chi connectivity index (χ1n) is 11.3. The van der Waals surface area contributed by atoms with Crippen LogP contribution in [0.25, 0.3) is 11.3 Å². The summed E-state index contributed by atoms with van der Waals surface area (Å²) >= 11 is 1.29. The first-order chi connectivity index (χ1) is 16.3. The van der Waals surface area contributed by atoms with Crippen LogP contribution in [0, 0.1) is 0 Å². The minimum absolute atomic E-state index is 0.182. The van der Waals surface area contributed by atoms with Gasteiger partial charge in [0.05, 0.1) is 18.4 Å². The standard InChI is InChI=1S/C24H30F3N5OS/c1-4-5-6-7-8-9-12-32(2)21-11-10-18(13-19(21)24(25,26)27)30-23-31-20(16-34-23)17-14-28-22(33-3)29-15-17/h10-11,13-16H,4-9,12H2,1-3H3,(H,30,31). The molecule has 0 unspecified atom stereocenters. The van der Waals surface area contributed by atoms with Gasteiger partial charge in [-0.1, -0.05) is 39.0 Å². The van der Waals surface area contributed by atoms with E-state index in [2.05, 4.69) is 27.2 Å². The summed E-state index contributed by atoms with van der Waals surface area (Å²) in [5.41, 5.74) is 1.17. The maximum Gasteiger partial charge on any atom is 0.418 e. The average Bonchev–Trinajstić information content (AvgIpc) is 3.29. The molecule has 2 aromatic heterocycles. The fourth-order valence-electron chi connectivity index (χ4n) is 3.56. The van der Waals surface area contributed by atoms with Crippen LogP contribution in [-0.2, 0) is 6.18 Å². The fourth-order valence-corrected chi connectivity index (χ4v) is 4.30. The van der Waals surface area contributed by atoms with Crippen molar-refractivity contribution in [3.63, 3.8) is 0 Å². The summed E-state index contributed by atoms with van der Waals surface area (Å²) in [5, 5.41) is 5.26. The molecule has 1 N–H and O–H groups in total. The van der Waals surface area contributed by atoms with Crippen molar-refractivity contribution in [2.45, 2.75) is 51.6 Å². The SMILES string of the molecule is CCCCCCCCN(C)c1ccc(Nc2nc(-c3cnc(OC)nc3)cs2)cc1C(F)(F)F. The molecule has 0 bridgehead atoms. The van der Waals surface area contributed by atoms with E-state index in [0.29, 0.717) is 28.6 Å². The van der Waals surface area contributed by atoms with Crippen LogP contribution in [0.5, 0.6) is 6.01 Å². The number of aromatic nitrogens is 3. The van der Waals surface area contributed by atoms with E-state index in [1.807, 2.05) is 0 Å². The number of benzene rings is 1. The van der Waals surface area contributed by atoms with Gasteiger partial charge in [-0.2, -0.15) is 13.2 Å². The number of hydrogen-bond acceptors (Lipinski definition) is 7. The van der Waals surface area contributed by atoms with Crippen LogP contribution in [0.2, 0.25) is 0 Å². The molecular weight excluding hydrogens is 463 g/mol. The third-order valence-corrected chi connectivity index (χ3v) is 6.18. The van der Waals surface area contributed by atoms with Gasteiger partial charge < -0.3 is 15.0 Å². The molecule has 10 heteroatoms. The third kappa shape index (κ3) is 7.06. The number of rotatable bonds is 12. The lowest BCUT2D eigenvalue weighted by Crippen LogP contribution is -2.22. The van der Waals surface area contributed by atoms with Crippen LogP contribution >= 0.6 is 11.3 Å². The number of nitrogens with one attached hydrogen (secondary N) is 1. The van der Waals surface area contributed by atoms with Gasteiger partial charge in [0.15, 0.2) is 5.13 Å². The van der Waals surface area contributed by atoms with Gasteiger partial charge in [-0.05, 0) is 24.6 Å². The Bertz CT molecular complexity index is 1040. The van der Waals surface area contributed by atoms with Crippen molar-refractivity contribution in [1.82, 2.24) is 15.0 Å². The first kappa shape index (κ1) is 25.7. The smallest absolute Gasteiger partial charge is 0.418 e. The molecule has 0 radical (unpaired) electrons. The normalized spacial score (nSPS) is 11.5. The number of hydrogen-bond donors (Lipinski definition) is 1.